The summed E-state index contributed by atoms with van der Waals surface area (Å²) in [6, 6.07) is 15.6. The largest absolute Gasteiger partial charge is 0.465 e. The summed E-state index contributed by atoms with van der Waals surface area (Å²) < 4.78 is 4.71. The van der Waals surface area contributed by atoms with Gasteiger partial charge >= 0.3 is 5.97 Å². The fourth-order valence-electron chi connectivity index (χ4n) is 2.40. The highest BCUT2D eigenvalue weighted by molar-refractivity contribution is 5.90. The fourth-order valence-corrected chi connectivity index (χ4v) is 2.40. The predicted octanol–water partition coefficient (Wildman–Crippen LogP) is 4.06. The van der Waals surface area contributed by atoms with E-state index < -0.39 is 0 Å². The van der Waals surface area contributed by atoms with Gasteiger partial charge in [0, 0.05) is 11.6 Å². The molecule has 109 valence electrons. The van der Waals surface area contributed by atoms with Gasteiger partial charge in [-0.2, -0.15) is 0 Å². The Bertz CT molecular complexity index is 822. The molecule has 0 unspecified atom stereocenters. The van der Waals surface area contributed by atoms with E-state index in [4.69, 9.17) is 4.74 Å². The van der Waals surface area contributed by atoms with Crippen LogP contribution in [-0.2, 0) is 11.2 Å². The van der Waals surface area contributed by atoms with E-state index in [0.29, 0.717) is 5.56 Å². The number of esters is 1. The molecule has 2 aromatic carbocycles. The number of carbonyl (C=O) groups excluding carboxylic acids is 1. The third-order valence-electron chi connectivity index (χ3n) is 3.67. The van der Waals surface area contributed by atoms with Gasteiger partial charge in [0.1, 0.15) is 0 Å². The lowest BCUT2D eigenvalue weighted by Gasteiger charge is -2.06. The van der Waals surface area contributed by atoms with Gasteiger partial charge in [-0.1, -0.05) is 24.3 Å². The van der Waals surface area contributed by atoms with Crippen LogP contribution in [0.4, 0.5) is 0 Å². The van der Waals surface area contributed by atoms with E-state index in [9.17, 15) is 4.79 Å². The fraction of sp³-hybridized carbons (Fsp3) is 0.105. The molecule has 0 amide bonds. The van der Waals surface area contributed by atoms with E-state index in [2.05, 4.69) is 36.2 Å². The highest BCUT2D eigenvalue weighted by atomic mass is 16.5. The second-order valence-electron chi connectivity index (χ2n) is 5.07. The summed E-state index contributed by atoms with van der Waals surface area (Å²) in [5.41, 5.74) is 4.73. The molecule has 3 aromatic rings. The summed E-state index contributed by atoms with van der Waals surface area (Å²) in [5.74, 6) is -0.326. The number of fused-ring (bicyclic) bond motifs is 1. The zero-order chi connectivity index (χ0) is 15.5. The normalized spacial score (nSPS) is 10.6. The predicted molar refractivity (Wildman–Crippen MR) is 87.6 cm³/mol. The van der Waals surface area contributed by atoms with Crippen LogP contribution in [-0.4, -0.2) is 18.1 Å². The van der Waals surface area contributed by atoms with Gasteiger partial charge in [0.2, 0.25) is 0 Å². The van der Waals surface area contributed by atoms with Gasteiger partial charge < -0.3 is 4.74 Å². The zero-order valence-electron chi connectivity index (χ0n) is 12.4. The molecule has 0 aliphatic carbocycles. The molecule has 0 fully saturated rings. The van der Waals surface area contributed by atoms with Gasteiger partial charge in [-0.3, -0.25) is 4.98 Å². The van der Waals surface area contributed by atoms with Crippen molar-refractivity contribution in [1.29, 1.82) is 0 Å². The number of aromatic nitrogens is 1. The molecule has 1 radical (unpaired) electrons. The minimum atomic E-state index is -0.326. The van der Waals surface area contributed by atoms with Crippen molar-refractivity contribution in [1.82, 2.24) is 4.98 Å². The molecule has 3 nitrogen and oxygen atoms in total. The number of methoxy groups -OCH3 is 1. The van der Waals surface area contributed by atoms with E-state index >= 15 is 0 Å². The van der Waals surface area contributed by atoms with Crippen LogP contribution in [0.25, 0.3) is 22.0 Å². The van der Waals surface area contributed by atoms with Gasteiger partial charge in [-0.05, 0) is 54.3 Å². The van der Waals surface area contributed by atoms with Crippen LogP contribution < -0.4 is 0 Å². The first-order valence-corrected chi connectivity index (χ1v) is 7.08. The van der Waals surface area contributed by atoms with Crippen LogP contribution in [0.1, 0.15) is 15.9 Å². The van der Waals surface area contributed by atoms with E-state index in [1.165, 1.54) is 7.11 Å². The molecule has 1 aromatic heterocycles. The maximum Gasteiger partial charge on any atom is 0.337 e. The molecule has 3 rings (SSSR count). The summed E-state index contributed by atoms with van der Waals surface area (Å²) in [5, 5.41) is 1.11. The molecule has 22 heavy (non-hydrogen) atoms. The molecule has 0 aliphatic heterocycles. The maximum atomic E-state index is 11.5. The average molecular weight is 290 g/mol. The van der Waals surface area contributed by atoms with Crippen LogP contribution >= 0.6 is 0 Å². The summed E-state index contributed by atoms with van der Waals surface area (Å²) in [4.78, 5) is 15.9. The maximum absolute atomic E-state index is 11.5. The Kier molecular flexibility index (Phi) is 3.88. The van der Waals surface area contributed by atoms with Crippen molar-refractivity contribution in [3.63, 3.8) is 0 Å². The summed E-state index contributed by atoms with van der Waals surface area (Å²) in [6.45, 7) is 3.88. The lowest BCUT2D eigenvalue weighted by molar-refractivity contribution is 0.0601. The quantitative estimate of drug-likeness (QED) is 0.683. The molecule has 0 spiro atoms. The molecule has 0 bridgehead atoms. The lowest BCUT2D eigenvalue weighted by atomic mass is 10.0. The van der Waals surface area contributed by atoms with Crippen LogP contribution in [0.5, 0.6) is 0 Å². The third-order valence-corrected chi connectivity index (χ3v) is 3.67. The highest BCUT2D eigenvalue weighted by Crippen LogP contribution is 2.24. The molecular weight excluding hydrogens is 274 g/mol. The first-order valence-electron chi connectivity index (χ1n) is 7.08. The average Bonchev–Trinajstić information content (AvgIpc) is 2.60. The van der Waals surface area contributed by atoms with Gasteiger partial charge in [0.15, 0.2) is 0 Å². The van der Waals surface area contributed by atoms with Crippen molar-refractivity contribution >= 4 is 16.9 Å². The van der Waals surface area contributed by atoms with Crippen molar-refractivity contribution < 1.29 is 9.53 Å². The standard InChI is InChI=1S/C19H16NO2/c1-3-13-10-17-9-8-16(11-18(17)20-12-13)14-4-6-15(7-5-14)19(21)22-2/h4-12H,1,3H2,2H3. The molecule has 3 heteroatoms. The first-order chi connectivity index (χ1) is 10.7. The van der Waals surface area contributed by atoms with Crippen LogP contribution in [0.3, 0.4) is 0 Å². The van der Waals surface area contributed by atoms with Crippen LogP contribution in [0.2, 0.25) is 0 Å². The van der Waals surface area contributed by atoms with Crippen molar-refractivity contribution in [3.8, 4) is 11.1 Å². The molecule has 0 N–H and O–H groups in total. The number of nitrogens with zero attached hydrogens (tertiary/aromatic N) is 1. The van der Waals surface area contributed by atoms with Gasteiger partial charge in [-0.15, -0.1) is 0 Å². The Labute approximate surface area is 129 Å². The Balaban J connectivity index is 1.97. The first kappa shape index (κ1) is 14.3. The van der Waals surface area contributed by atoms with Crippen LogP contribution in [0.15, 0.2) is 54.7 Å². The zero-order valence-corrected chi connectivity index (χ0v) is 12.4. The number of carbonyl (C=O) groups is 1. The molecule has 0 saturated heterocycles. The second kappa shape index (κ2) is 5.98. The van der Waals surface area contributed by atoms with Crippen molar-refractivity contribution in [2.45, 2.75) is 6.42 Å². The monoisotopic (exact) mass is 290 g/mol. The van der Waals surface area contributed by atoms with Crippen molar-refractivity contribution in [2.75, 3.05) is 7.11 Å². The van der Waals surface area contributed by atoms with Gasteiger partial charge in [-0.25, -0.2) is 4.79 Å². The number of hydrogen-bond acceptors (Lipinski definition) is 3. The number of rotatable bonds is 3. The van der Waals surface area contributed by atoms with Gasteiger partial charge in [0.05, 0.1) is 18.2 Å². The van der Waals surface area contributed by atoms with Gasteiger partial charge in [0.25, 0.3) is 0 Å². The SMILES string of the molecule is [CH2]Cc1cnc2cc(-c3ccc(C(=O)OC)cc3)ccc2c1. The lowest BCUT2D eigenvalue weighted by Crippen LogP contribution is -2.00. The molecule has 0 aliphatic rings. The third kappa shape index (κ3) is 2.70. The topological polar surface area (TPSA) is 39.2 Å². The molecule has 1 heterocycles. The van der Waals surface area contributed by atoms with E-state index in [0.717, 1.165) is 34.0 Å². The summed E-state index contributed by atoms with van der Waals surface area (Å²) in [7, 11) is 1.38. The Morgan fingerprint density at radius 3 is 2.50 bits per heavy atom. The summed E-state index contributed by atoms with van der Waals surface area (Å²) >= 11 is 0. The summed E-state index contributed by atoms with van der Waals surface area (Å²) in [6.07, 6.45) is 2.60. The van der Waals surface area contributed by atoms with Crippen LogP contribution in [0, 0.1) is 6.92 Å². The molecule has 0 atom stereocenters. The number of benzene rings is 2. The Morgan fingerprint density at radius 2 is 1.82 bits per heavy atom. The van der Waals surface area contributed by atoms with Crippen molar-refractivity contribution in [2.24, 2.45) is 0 Å². The molecule has 0 saturated carbocycles. The second-order valence-corrected chi connectivity index (χ2v) is 5.07. The smallest absolute Gasteiger partial charge is 0.337 e. The number of ether oxygens (including phenoxy) is 1. The Morgan fingerprint density at radius 1 is 1.09 bits per heavy atom. The van der Waals surface area contributed by atoms with E-state index in [-0.39, 0.29) is 5.97 Å². The minimum Gasteiger partial charge on any atom is -0.465 e. The van der Waals surface area contributed by atoms with E-state index in [1.54, 1.807) is 12.1 Å². The minimum absolute atomic E-state index is 0.326. The number of pyridine rings is 1. The van der Waals surface area contributed by atoms with E-state index in [1.807, 2.05) is 18.3 Å². The Hall–Kier alpha value is -2.68. The highest BCUT2D eigenvalue weighted by Gasteiger charge is 2.06. The number of hydrogen-bond donors (Lipinski definition) is 0. The van der Waals surface area contributed by atoms with Crippen molar-refractivity contribution in [3.05, 3.63) is 72.8 Å². The molecular formula is C19H16NO2.